The van der Waals surface area contributed by atoms with Crippen molar-refractivity contribution in [2.75, 3.05) is 5.32 Å². The number of anilines is 1. The molecule has 1 saturated carbocycles. The van der Waals surface area contributed by atoms with Gasteiger partial charge in [0.15, 0.2) is 11.6 Å². The van der Waals surface area contributed by atoms with Crippen molar-refractivity contribution in [2.24, 2.45) is 0 Å². The number of amides is 2. The van der Waals surface area contributed by atoms with Gasteiger partial charge in [-0.3, -0.25) is 5.32 Å². The Kier molecular flexibility index (Phi) is 3.05. The summed E-state index contributed by atoms with van der Waals surface area (Å²) in [6.07, 6.45) is 5.99. The highest BCUT2D eigenvalue weighted by Crippen LogP contribution is 2.39. The van der Waals surface area contributed by atoms with E-state index in [2.05, 4.69) is 30.7 Å². The van der Waals surface area contributed by atoms with Gasteiger partial charge < -0.3 is 9.84 Å². The first-order chi connectivity index (χ1) is 9.68. The molecular weight excluding hydrogens is 260 g/mol. The van der Waals surface area contributed by atoms with Crippen LogP contribution >= 0.6 is 0 Å². The van der Waals surface area contributed by atoms with Gasteiger partial charge in [-0.2, -0.15) is 4.98 Å². The van der Waals surface area contributed by atoms with Crippen LogP contribution in [0, 0.1) is 6.92 Å². The maximum Gasteiger partial charge on any atom is 0.329 e. The summed E-state index contributed by atoms with van der Waals surface area (Å²) in [7, 11) is 0. The molecule has 2 aromatic rings. The average Bonchev–Trinajstić information content (AvgIpc) is 2.80. The van der Waals surface area contributed by atoms with E-state index in [-0.39, 0.29) is 6.01 Å². The number of rotatable bonds is 3. The molecule has 8 nitrogen and oxygen atoms in total. The van der Waals surface area contributed by atoms with Crippen LogP contribution in [0.4, 0.5) is 10.8 Å². The number of hydrogen-bond donors (Lipinski definition) is 2. The minimum Gasteiger partial charge on any atom is -0.325 e. The van der Waals surface area contributed by atoms with Crippen molar-refractivity contribution in [3.05, 3.63) is 30.1 Å². The lowest BCUT2D eigenvalue weighted by atomic mass is 9.76. The second-order valence-corrected chi connectivity index (χ2v) is 4.73. The third-order valence-corrected chi connectivity index (χ3v) is 3.30. The lowest BCUT2D eigenvalue weighted by Gasteiger charge is -2.40. The minimum absolute atomic E-state index is 0.0726. The maximum absolute atomic E-state index is 12.0. The maximum atomic E-state index is 12.0. The van der Waals surface area contributed by atoms with Crippen molar-refractivity contribution in [1.29, 1.82) is 0 Å². The Labute approximate surface area is 115 Å². The molecule has 2 amide bonds. The van der Waals surface area contributed by atoms with E-state index in [0.29, 0.717) is 11.6 Å². The predicted octanol–water partition coefficient (Wildman–Crippen LogP) is 1.37. The minimum atomic E-state index is -0.500. The van der Waals surface area contributed by atoms with Gasteiger partial charge in [-0.1, -0.05) is 5.16 Å². The summed E-state index contributed by atoms with van der Waals surface area (Å²) in [6.45, 7) is 1.68. The predicted molar refractivity (Wildman–Crippen MR) is 68.8 cm³/mol. The number of urea groups is 1. The molecule has 20 heavy (non-hydrogen) atoms. The summed E-state index contributed by atoms with van der Waals surface area (Å²) in [5, 5.41) is 9.02. The number of carbonyl (C=O) groups excluding carboxylic acids is 1. The molecule has 0 spiro atoms. The highest BCUT2D eigenvalue weighted by molar-refractivity contribution is 5.87. The number of aryl methyl sites for hydroxylation is 1. The van der Waals surface area contributed by atoms with E-state index in [1.807, 2.05) is 0 Å². The van der Waals surface area contributed by atoms with Crippen LogP contribution in [0.1, 0.15) is 30.9 Å². The fraction of sp³-hybridized carbons (Fsp3) is 0.417. The molecule has 8 heteroatoms. The topological polar surface area (TPSA) is 106 Å². The summed E-state index contributed by atoms with van der Waals surface area (Å²) < 4.78 is 4.84. The second-order valence-electron chi connectivity index (χ2n) is 4.73. The van der Waals surface area contributed by atoms with Crippen molar-refractivity contribution in [2.45, 2.75) is 31.7 Å². The number of aromatic nitrogens is 4. The van der Waals surface area contributed by atoms with E-state index in [1.165, 1.54) is 0 Å². The van der Waals surface area contributed by atoms with Crippen LogP contribution in [0.5, 0.6) is 0 Å². The Hall–Kier alpha value is -2.51. The Morgan fingerprint density at radius 1 is 1.35 bits per heavy atom. The van der Waals surface area contributed by atoms with Crippen molar-refractivity contribution < 1.29 is 9.32 Å². The quantitative estimate of drug-likeness (QED) is 0.875. The first-order valence-electron chi connectivity index (χ1n) is 6.35. The zero-order chi connectivity index (χ0) is 14.0. The molecule has 0 unspecified atom stereocenters. The van der Waals surface area contributed by atoms with Gasteiger partial charge in [0.2, 0.25) is 0 Å². The average molecular weight is 274 g/mol. The number of carbonyl (C=O) groups is 1. The summed E-state index contributed by atoms with van der Waals surface area (Å²) in [6, 6.07) is 1.42. The molecule has 2 aromatic heterocycles. The van der Waals surface area contributed by atoms with Crippen molar-refractivity contribution in [1.82, 2.24) is 25.4 Å². The van der Waals surface area contributed by atoms with Crippen LogP contribution in [0.15, 0.2) is 23.0 Å². The fourth-order valence-corrected chi connectivity index (χ4v) is 2.17. The third kappa shape index (κ3) is 2.31. The molecule has 1 aliphatic carbocycles. The second kappa shape index (κ2) is 4.87. The van der Waals surface area contributed by atoms with Crippen LogP contribution in [-0.4, -0.2) is 26.1 Å². The number of nitrogens with one attached hydrogen (secondary N) is 2. The normalized spacial score (nSPS) is 16.2. The van der Waals surface area contributed by atoms with Crippen LogP contribution in [0.3, 0.4) is 0 Å². The van der Waals surface area contributed by atoms with Crippen molar-refractivity contribution in [3.8, 4) is 0 Å². The number of hydrogen-bond acceptors (Lipinski definition) is 6. The fourth-order valence-electron chi connectivity index (χ4n) is 2.17. The molecule has 2 N–H and O–H groups in total. The molecule has 0 atom stereocenters. The van der Waals surface area contributed by atoms with E-state index in [1.54, 1.807) is 25.4 Å². The highest BCUT2D eigenvalue weighted by Gasteiger charge is 2.42. The Morgan fingerprint density at radius 2 is 2.10 bits per heavy atom. The summed E-state index contributed by atoms with van der Waals surface area (Å²) in [5.41, 5.74) is -0.500. The molecule has 3 rings (SSSR count). The monoisotopic (exact) mass is 274 g/mol. The van der Waals surface area contributed by atoms with Crippen molar-refractivity contribution >= 4 is 12.0 Å². The summed E-state index contributed by atoms with van der Waals surface area (Å²) in [4.78, 5) is 24.4. The standard InChI is InChI=1S/C12H14N6O2/c1-8-15-11(20-18-8)16-10(19)17-12(4-2-5-12)9-13-6-3-7-14-9/h3,6-7H,2,4-5H2,1H3,(H2,15,16,17,18,19). The van der Waals surface area contributed by atoms with Gasteiger partial charge in [0, 0.05) is 12.4 Å². The van der Waals surface area contributed by atoms with E-state index in [0.717, 1.165) is 19.3 Å². The van der Waals surface area contributed by atoms with E-state index >= 15 is 0 Å². The molecule has 0 aliphatic heterocycles. The summed E-state index contributed by atoms with van der Waals surface area (Å²) >= 11 is 0. The Bertz CT molecular complexity index is 607. The molecule has 0 radical (unpaired) electrons. The van der Waals surface area contributed by atoms with E-state index in [4.69, 9.17) is 4.52 Å². The first-order valence-corrected chi connectivity index (χ1v) is 6.35. The van der Waals surface area contributed by atoms with Gasteiger partial charge in [0.05, 0.1) is 0 Å². The zero-order valence-corrected chi connectivity index (χ0v) is 11.0. The third-order valence-electron chi connectivity index (χ3n) is 3.30. The lowest BCUT2D eigenvalue weighted by Crippen LogP contribution is -2.53. The van der Waals surface area contributed by atoms with Crippen LogP contribution in [0.25, 0.3) is 0 Å². The zero-order valence-electron chi connectivity index (χ0n) is 11.0. The van der Waals surface area contributed by atoms with Gasteiger partial charge in [0.1, 0.15) is 5.54 Å². The van der Waals surface area contributed by atoms with Gasteiger partial charge in [-0.15, -0.1) is 0 Å². The Morgan fingerprint density at radius 3 is 2.65 bits per heavy atom. The van der Waals surface area contributed by atoms with Gasteiger partial charge in [-0.05, 0) is 32.3 Å². The van der Waals surface area contributed by atoms with Crippen molar-refractivity contribution in [3.63, 3.8) is 0 Å². The van der Waals surface area contributed by atoms with E-state index in [9.17, 15) is 4.79 Å². The van der Waals surface area contributed by atoms with Gasteiger partial charge in [-0.25, -0.2) is 14.8 Å². The molecule has 0 bridgehead atoms. The van der Waals surface area contributed by atoms with Crippen LogP contribution in [0.2, 0.25) is 0 Å². The Balaban J connectivity index is 1.70. The first kappa shape index (κ1) is 12.5. The highest BCUT2D eigenvalue weighted by atomic mass is 16.5. The van der Waals surface area contributed by atoms with Gasteiger partial charge >= 0.3 is 12.0 Å². The van der Waals surface area contributed by atoms with Gasteiger partial charge in [0.25, 0.3) is 0 Å². The van der Waals surface area contributed by atoms with E-state index < -0.39 is 11.6 Å². The molecular formula is C12H14N6O2. The molecule has 1 aliphatic rings. The number of nitrogens with zero attached hydrogens (tertiary/aromatic N) is 4. The molecule has 0 saturated heterocycles. The molecule has 104 valence electrons. The lowest BCUT2D eigenvalue weighted by molar-refractivity contribution is 0.175. The SMILES string of the molecule is Cc1noc(NC(=O)NC2(c3ncccn3)CCC2)n1. The molecule has 1 fully saturated rings. The van der Waals surface area contributed by atoms with Crippen LogP contribution < -0.4 is 10.6 Å². The molecule has 2 heterocycles. The smallest absolute Gasteiger partial charge is 0.325 e. The largest absolute Gasteiger partial charge is 0.329 e. The van der Waals surface area contributed by atoms with Crippen LogP contribution in [-0.2, 0) is 5.54 Å². The summed E-state index contributed by atoms with van der Waals surface area (Å²) in [5.74, 6) is 1.09. The molecule has 0 aromatic carbocycles.